The fourth-order valence-electron chi connectivity index (χ4n) is 1.70. The van der Waals surface area contributed by atoms with Gasteiger partial charge >= 0.3 is 11.9 Å². The molecule has 0 aliphatic rings. The second-order valence-electron chi connectivity index (χ2n) is 5.00. The summed E-state index contributed by atoms with van der Waals surface area (Å²) in [6.45, 7) is -0.713. The molecule has 25 heavy (non-hydrogen) atoms. The molecule has 0 saturated carbocycles. The van der Waals surface area contributed by atoms with E-state index >= 15 is 0 Å². The van der Waals surface area contributed by atoms with Gasteiger partial charge < -0.3 is 10.2 Å². The third-order valence-electron chi connectivity index (χ3n) is 2.84. The summed E-state index contributed by atoms with van der Waals surface area (Å²) in [5.74, 6) is -5.60. The van der Waals surface area contributed by atoms with Gasteiger partial charge in [0, 0.05) is 6.54 Å². The van der Waals surface area contributed by atoms with Crippen molar-refractivity contribution in [2.75, 3.05) is 17.5 Å². The molecule has 0 spiro atoms. The van der Waals surface area contributed by atoms with E-state index in [4.69, 9.17) is 10.2 Å². The van der Waals surface area contributed by atoms with Crippen LogP contribution in [-0.2, 0) is 29.6 Å². The van der Waals surface area contributed by atoms with Crippen LogP contribution in [0.5, 0.6) is 0 Å². The Morgan fingerprint density at radius 1 is 1.20 bits per heavy atom. The number of rotatable bonds is 9. The molecule has 13 heteroatoms. The van der Waals surface area contributed by atoms with Crippen LogP contribution in [-0.4, -0.2) is 51.8 Å². The van der Waals surface area contributed by atoms with Crippen molar-refractivity contribution in [3.05, 3.63) is 24.0 Å². The topological polar surface area (TPSA) is 167 Å². The number of anilines is 1. The number of benzene rings is 1. The third-order valence-corrected chi connectivity index (χ3v) is 4.85. The molecule has 0 fully saturated rings. The molecule has 0 aromatic heterocycles. The number of hydrogen-bond donors (Lipinski definition) is 4. The van der Waals surface area contributed by atoms with Gasteiger partial charge in [-0.15, -0.1) is 0 Å². The molecule has 1 aromatic carbocycles. The first kappa shape index (κ1) is 20.8. The van der Waals surface area contributed by atoms with Crippen LogP contribution >= 0.6 is 0 Å². The zero-order valence-corrected chi connectivity index (χ0v) is 14.4. The summed E-state index contributed by atoms with van der Waals surface area (Å²) in [6, 6.07) is 2.34. The Kier molecular flexibility index (Phi) is 6.45. The molecular weight excluding hydrogens is 383 g/mol. The molecule has 0 radical (unpaired) electrons. The standard InChI is InChI=1S/C12H15FN2O8S2/c1-24(20,21)15-10-3-2-8(5-9(10)13)25(22,23)14-6-7(12(18)19)4-11(16)17/h2-3,5,7,14-15H,4,6H2,1H3,(H,16,17)(H,18,19). The average molecular weight is 398 g/mol. The highest BCUT2D eigenvalue weighted by Crippen LogP contribution is 2.20. The van der Waals surface area contributed by atoms with Crippen LogP contribution in [0.1, 0.15) is 6.42 Å². The first-order valence-corrected chi connectivity index (χ1v) is 9.91. The van der Waals surface area contributed by atoms with Gasteiger partial charge in [0.25, 0.3) is 0 Å². The lowest BCUT2D eigenvalue weighted by Crippen LogP contribution is -2.34. The molecule has 1 unspecified atom stereocenters. The van der Waals surface area contributed by atoms with Crippen molar-refractivity contribution in [3.8, 4) is 0 Å². The Hall–Kier alpha value is -2.25. The quantitative estimate of drug-likeness (QED) is 0.438. The predicted octanol–water partition coefficient (Wildman–Crippen LogP) is -0.349. The Morgan fingerprint density at radius 2 is 1.80 bits per heavy atom. The Balaban J connectivity index is 2.97. The fourth-order valence-corrected chi connectivity index (χ4v) is 3.35. The van der Waals surface area contributed by atoms with Crippen LogP contribution < -0.4 is 9.44 Å². The smallest absolute Gasteiger partial charge is 0.308 e. The normalized spacial score (nSPS) is 13.2. The summed E-state index contributed by atoms with van der Waals surface area (Å²) in [7, 11) is -8.10. The van der Waals surface area contributed by atoms with Crippen molar-refractivity contribution < 1.29 is 41.0 Å². The van der Waals surface area contributed by atoms with Gasteiger partial charge in [-0.25, -0.2) is 25.9 Å². The zero-order valence-electron chi connectivity index (χ0n) is 12.8. The van der Waals surface area contributed by atoms with Crippen LogP contribution in [0.15, 0.2) is 23.1 Å². The molecule has 140 valence electrons. The van der Waals surface area contributed by atoms with Crippen LogP contribution in [0.25, 0.3) is 0 Å². The van der Waals surface area contributed by atoms with Crippen LogP contribution in [0.3, 0.4) is 0 Å². The second kappa shape index (κ2) is 7.76. The van der Waals surface area contributed by atoms with Crippen molar-refractivity contribution in [1.29, 1.82) is 0 Å². The van der Waals surface area contributed by atoms with Crippen LogP contribution in [0.2, 0.25) is 0 Å². The molecule has 0 bridgehead atoms. The molecule has 1 rings (SSSR count). The molecule has 0 aliphatic heterocycles. The van der Waals surface area contributed by atoms with E-state index < -0.39 is 67.3 Å². The van der Waals surface area contributed by atoms with Gasteiger partial charge in [-0.05, 0) is 18.2 Å². The van der Waals surface area contributed by atoms with Gasteiger partial charge in [0.05, 0.1) is 29.2 Å². The molecule has 10 nitrogen and oxygen atoms in total. The zero-order chi connectivity index (χ0) is 19.4. The van der Waals surface area contributed by atoms with Gasteiger partial charge in [-0.3, -0.25) is 14.3 Å². The lowest BCUT2D eigenvalue weighted by Gasteiger charge is -2.12. The maximum Gasteiger partial charge on any atom is 0.308 e. The molecule has 0 saturated heterocycles. The number of hydrogen-bond acceptors (Lipinski definition) is 6. The van der Waals surface area contributed by atoms with Crippen LogP contribution in [0, 0.1) is 11.7 Å². The molecule has 4 N–H and O–H groups in total. The predicted molar refractivity (Wildman–Crippen MR) is 83.4 cm³/mol. The summed E-state index contributed by atoms with van der Waals surface area (Å²) >= 11 is 0. The minimum atomic E-state index is -4.33. The highest BCUT2D eigenvalue weighted by molar-refractivity contribution is 7.92. The number of carboxylic acids is 2. The third kappa shape index (κ3) is 6.64. The lowest BCUT2D eigenvalue weighted by molar-refractivity contribution is -0.147. The van der Waals surface area contributed by atoms with E-state index in [1.165, 1.54) is 0 Å². The maximum absolute atomic E-state index is 13.8. The first-order chi connectivity index (χ1) is 11.3. The van der Waals surface area contributed by atoms with E-state index in [0.29, 0.717) is 6.07 Å². The largest absolute Gasteiger partial charge is 0.481 e. The molecule has 1 aromatic rings. The summed E-state index contributed by atoms with van der Waals surface area (Å²) in [6.07, 6.45) is -0.0173. The van der Waals surface area contributed by atoms with E-state index in [1.54, 1.807) is 0 Å². The van der Waals surface area contributed by atoms with E-state index in [-0.39, 0.29) is 0 Å². The number of aliphatic carboxylic acids is 2. The van der Waals surface area contributed by atoms with Gasteiger partial charge in [-0.2, -0.15) is 0 Å². The van der Waals surface area contributed by atoms with Crippen molar-refractivity contribution in [2.45, 2.75) is 11.3 Å². The number of halogens is 1. The molecule has 0 aliphatic carbocycles. The maximum atomic E-state index is 13.8. The molecular formula is C12H15FN2O8S2. The SMILES string of the molecule is CS(=O)(=O)Nc1ccc(S(=O)(=O)NCC(CC(=O)O)C(=O)O)cc1F. The number of nitrogens with one attached hydrogen (secondary N) is 2. The monoisotopic (exact) mass is 398 g/mol. The van der Waals surface area contributed by atoms with Gasteiger partial charge in [-0.1, -0.05) is 0 Å². The Bertz CT molecular complexity index is 882. The summed E-state index contributed by atoms with van der Waals surface area (Å²) in [5.41, 5.74) is -0.462. The van der Waals surface area contributed by atoms with Crippen molar-refractivity contribution >= 4 is 37.7 Å². The van der Waals surface area contributed by atoms with Crippen LogP contribution in [0.4, 0.5) is 10.1 Å². The minimum Gasteiger partial charge on any atom is -0.481 e. The second-order valence-corrected chi connectivity index (χ2v) is 8.52. The van der Waals surface area contributed by atoms with E-state index in [9.17, 15) is 30.8 Å². The van der Waals surface area contributed by atoms with Crippen molar-refractivity contribution in [3.63, 3.8) is 0 Å². The fraction of sp³-hybridized carbons (Fsp3) is 0.333. The highest BCUT2D eigenvalue weighted by atomic mass is 32.2. The van der Waals surface area contributed by atoms with Gasteiger partial charge in [0.15, 0.2) is 0 Å². The first-order valence-electron chi connectivity index (χ1n) is 6.53. The van der Waals surface area contributed by atoms with E-state index in [1.807, 2.05) is 9.44 Å². The van der Waals surface area contributed by atoms with Gasteiger partial charge in [0.2, 0.25) is 20.0 Å². The summed E-state index contributed by atoms with van der Waals surface area (Å²) in [4.78, 5) is 20.9. The van der Waals surface area contributed by atoms with E-state index in [0.717, 1.165) is 18.4 Å². The summed E-state index contributed by atoms with van der Waals surface area (Å²) in [5, 5.41) is 17.4. The van der Waals surface area contributed by atoms with Crippen molar-refractivity contribution in [2.24, 2.45) is 5.92 Å². The number of carbonyl (C=O) groups is 2. The number of sulfonamides is 2. The minimum absolute atomic E-state index is 0.462. The average Bonchev–Trinajstić information content (AvgIpc) is 2.43. The van der Waals surface area contributed by atoms with Gasteiger partial charge in [0.1, 0.15) is 5.82 Å². The summed E-state index contributed by atoms with van der Waals surface area (Å²) < 4.78 is 63.7. The molecule has 0 heterocycles. The highest BCUT2D eigenvalue weighted by Gasteiger charge is 2.24. The number of carboxylic acid groups (broad SMARTS) is 2. The molecule has 0 amide bonds. The van der Waals surface area contributed by atoms with E-state index in [2.05, 4.69) is 0 Å². The van der Waals surface area contributed by atoms with Crippen molar-refractivity contribution in [1.82, 2.24) is 4.72 Å². The molecule has 1 atom stereocenters. The Morgan fingerprint density at radius 3 is 2.24 bits per heavy atom. The lowest BCUT2D eigenvalue weighted by atomic mass is 10.1. The Labute approximate surface area is 142 Å².